The minimum Gasteiger partial charge on any atom is -0.462 e. The van der Waals surface area contributed by atoms with Crippen molar-refractivity contribution in [3.05, 3.63) is 109 Å². The predicted octanol–water partition coefficient (Wildman–Crippen LogP) is 24.6. The summed E-state index contributed by atoms with van der Waals surface area (Å²) in [6.07, 6.45) is 97.0. The number of esters is 3. The SMILES string of the molecule is CC/C=C\C/C=C\C/C=C\C/C=C\CCCCCCCCCCCCCCCCCCCCC(=O)OCC(COC(=O)CCCCC/C=C\C/C=C\C/C=C\CC)OC(=O)CCCCCCCCCCC/C=C\C/C=C\CCCCCCC. The fraction of sp³-hybridized carbons (Fsp3) is 0.727. The Bertz CT molecular complexity index is 1660. The standard InChI is InChI=1S/C77H132O6/c1-4-7-10-13-16-19-22-25-27-29-31-33-34-35-36-37-38-39-40-41-42-44-45-47-49-52-55-58-61-64-67-70-76(79)82-73-74(72-81-75(78)69-66-63-60-57-54-51-24-21-18-15-12-9-6-3)83-77(80)71-68-65-62-59-56-53-50-48-46-43-32-30-28-26-23-20-17-14-11-8-5-2/h7,9-10,12,16,18-19,21,23,25-27,30-33,51,54,74H,4-6,8,11,13-15,17,20,22,24,28-29,34-50,52-53,55-73H2,1-3H3/b10-7-,12-9-,19-16-,21-18-,26-23-,27-25-,32-30-,33-31-,54-51-. The molecule has 0 bridgehead atoms. The third kappa shape index (κ3) is 68.7. The molecule has 0 aliphatic rings. The van der Waals surface area contributed by atoms with Crippen LogP contribution in [-0.2, 0) is 28.6 Å². The Morgan fingerprint density at radius 2 is 0.470 bits per heavy atom. The molecular formula is C77H132O6. The number of hydrogen-bond acceptors (Lipinski definition) is 6. The molecule has 6 nitrogen and oxygen atoms in total. The van der Waals surface area contributed by atoms with E-state index in [0.717, 1.165) is 116 Å². The molecule has 0 aromatic rings. The summed E-state index contributed by atoms with van der Waals surface area (Å²) >= 11 is 0. The first-order chi connectivity index (χ1) is 41.0. The fourth-order valence-electron chi connectivity index (χ4n) is 10.0. The minimum atomic E-state index is -0.794. The van der Waals surface area contributed by atoms with Crippen LogP contribution in [0.4, 0.5) is 0 Å². The lowest BCUT2D eigenvalue weighted by atomic mass is 10.0. The zero-order chi connectivity index (χ0) is 59.9. The number of carbonyl (C=O) groups excluding carboxylic acids is 3. The van der Waals surface area contributed by atoms with E-state index in [1.807, 2.05) is 0 Å². The highest BCUT2D eigenvalue weighted by molar-refractivity contribution is 5.71. The monoisotopic (exact) mass is 1150 g/mol. The Morgan fingerprint density at radius 1 is 0.253 bits per heavy atom. The number of carbonyl (C=O) groups is 3. The van der Waals surface area contributed by atoms with Crippen molar-refractivity contribution in [2.24, 2.45) is 0 Å². The van der Waals surface area contributed by atoms with Crippen molar-refractivity contribution in [2.45, 2.75) is 348 Å². The largest absolute Gasteiger partial charge is 0.462 e. The molecule has 0 aliphatic carbocycles. The summed E-state index contributed by atoms with van der Waals surface area (Å²) in [7, 11) is 0. The first kappa shape index (κ1) is 79.1. The van der Waals surface area contributed by atoms with Crippen LogP contribution in [-0.4, -0.2) is 37.2 Å². The maximum atomic E-state index is 12.9. The van der Waals surface area contributed by atoms with Crippen LogP contribution in [0, 0.1) is 0 Å². The summed E-state index contributed by atoms with van der Waals surface area (Å²) in [5.74, 6) is -0.908. The molecule has 0 aromatic heterocycles. The summed E-state index contributed by atoms with van der Waals surface area (Å²) in [5, 5.41) is 0. The van der Waals surface area contributed by atoms with E-state index in [9.17, 15) is 14.4 Å². The lowest BCUT2D eigenvalue weighted by Crippen LogP contribution is -2.30. The van der Waals surface area contributed by atoms with E-state index >= 15 is 0 Å². The molecule has 0 amide bonds. The van der Waals surface area contributed by atoms with Gasteiger partial charge in [0.15, 0.2) is 6.10 Å². The van der Waals surface area contributed by atoms with Crippen LogP contribution in [0.2, 0.25) is 0 Å². The summed E-state index contributed by atoms with van der Waals surface area (Å²) in [6.45, 7) is 6.41. The Kier molecular flexibility index (Phi) is 67.2. The van der Waals surface area contributed by atoms with Gasteiger partial charge in [-0.3, -0.25) is 14.4 Å². The maximum absolute atomic E-state index is 12.9. The van der Waals surface area contributed by atoms with Gasteiger partial charge in [-0.2, -0.15) is 0 Å². The van der Waals surface area contributed by atoms with E-state index in [1.165, 1.54) is 186 Å². The second-order valence-corrected chi connectivity index (χ2v) is 23.4. The molecule has 0 aliphatic heterocycles. The predicted molar refractivity (Wildman–Crippen MR) is 362 cm³/mol. The average Bonchev–Trinajstić information content (AvgIpc) is 3.49. The summed E-state index contributed by atoms with van der Waals surface area (Å²) in [5.41, 5.74) is 0. The van der Waals surface area contributed by atoms with Crippen molar-refractivity contribution in [3.8, 4) is 0 Å². The molecule has 0 spiro atoms. The topological polar surface area (TPSA) is 78.9 Å². The molecule has 0 radical (unpaired) electrons. The van der Waals surface area contributed by atoms with Crippen LogP contribution >= 0.6 is 0 Å². The van der Waals surface area contributed by atoms with Gasteiger partial charge in [-0.05, 0) is 122 Å². The van der Waals surface area contributed by atoms with Crippen molar-refractivity contribution in [3.63, 3.8) is 0 Å². The van der Waals surface area contributed by atoms with Crippen molar-refractivity contribution in [2.75, 3.05) is 13.2 Å². The van der Waals surface area contributed by atoms with E-state index in [0.29, 0.717) is 19.3 Å². The first-order valence-corrected chi connectivity index (χ1v) is 35.4. The van der Waals surface area contributed by atoms with Gasteiger partial charge in [0.2, 0.25) is 0 Å². The van der Waals surface area contributed by atoms with E-state index in [1.54, 1.807) is 0 Å². The molecule has 1 unspecified atom stereocenters. The highest BCUT2D eigenvalue weighted by Gasteiger charge is 2.19. The molecule has 0 N–H and O–H groups in total. The molecule has 0 rings (SSSR count). The van der Waals surface area contributed by atoms with E-state index in [4.69, 9.17) is 14.2 Å². The lowest BCUT2D eigenvalue weighted by molar-refractivity contribution is -0.167. The first-order valence-electron chi connectivity index (χ1n) is 35.4. The van der Waals surface area contributed by atoms with Crippen LogP contribution in [0.25, 0.3) is 0 Å². The third-order valence-corrected chi connectivity index (χ3v) is 15.2. The minimum absolute atomic E-state index is 0.0869. The second kappa shape index (κ2) is 70.6. The molecule has 1 atom stereocenters. The Hall–Kier alpha value is -3.93. The summed E-state index contributed by atoms with van der Waals surface area (Å²) in [6, 6.07) is 0. The second-order valence-electron chi connectivity index (χ2n) is 23.4. The number of ether oxygens (including phenoxy) is 3. The van der Waals surface area contributed by atoms with Gasteiger partial charge >= 0.3 is 17.9 Å². The van der Waals surface area contributed by atoms with Gasteiger partial charge < -0.3 is 14.2 Å². The Balaban J connectivity index is 4.23. The molecule has 0 fully saturated rings. The number of hydrogen-bond donors (Lipinski definition) is 0. The van der Waals surface area contributed by atoms with Gasteiger partial charge in [-0.25, -0.2) is 0 Å². The molecule has 0 saturated heterocycles. The number of rotatable bonds is 64. The van der Waals surface area contributed by atoms with Gasteiger partial charge in [-0.1, -0.05) is 310 Å². The average molecular weight is 1150 g/mol. The van der Waals surface area contributed by atoms with E-state index in [2.05, 4.69) is 130 Å². The molecule has 476 valence electrons. The van der Waals surface area contributed by atoms with E-state index in [-0.39, 0.29) is 31.1 Å². The van der Waals surface area contributed by atoms with Crippen LogP contribution in [0.15, 0.2) is 109 Å². The zero-order valence-corrected chi connectivity index (χ0v) is 54.7. The lowest BCUT2D eigenvalue weighted by Gasteiger charge is -2.18. The highest BCUT2D eigenvalue weighted by Crippen LogP contribution is 2.17. The van der Waals surface area contributed by atoms with Crippen LogP contribution in [0.1, 0.15) is 342 Å². The van der Waals surface area contributed by atoms with Crippen molar-refractivity contribution in [1.82, 2.24) is 0 Å². The Morgan fingerprint density at radius 3 is 0.747 bits per heavy atom. The van der Waals surface area contributed by atoms with Crippen LogP contribution in [0.5, 0.6) is 0 Å². The van der Waals surface area contributed by atoms with Crippen molar-refractivity contribution < 1.29 is 28.6 Å². The van der Waals surface area contributed by atoms with Gasteiger partial charge in [0.1, 0.15) is 13.2 Å². The molecule has 0 heterocycles. The molecule has 6 heteroatoms. The molecule has 0 saturated carbocycles. The van der Waals surface area contributed by atoms with Gasteiger partial charge in [0, 0.05) is 19.3 Å². The van der Waals surface area contributed by atoms with E-state index < -0.39 is 6.10 Å². The van der Waals surface area contributed by atoms with Crippen LogP contribution < -0.4 is 0 Å². The summed E-state index contributed by atoms with van der Waals surface area (Å²) < 4.78 is 16.9. The zero-order valence-electron chi connectivity index (χ0n) is 54.7. The Labute approximate surface area is 514 Å². The molecular weight excluding hydrogens is 1020 g/mol. The van der Waals surface area contributed by atoms with Gasteiger partial charge in [-0.15, -0.1) is 0 Å². The number of allylic oxidation sites excluding steroid dienone is 18. The third-order valence-electron chi connectivity index (χ3n) is 15.2. The number of unbranched alkanes of at least 4 members (excludes halogenated alkanes) is 35. The van der Waals surface area contributed by atoms with Crippen molar-refractivity contribution in [1.29, 1.82) is 0 Å². The van der Waals surface area contributed by atoms with Gasteiger partial charge in [0.25, 0.3) is 0 Å². The molecule has 0 aromatic carbocycles. The normalized spacial score (nSPS) is 12.8. The maximum Gasteiger partial charge on any atom is 0.306 e. The smallest absolute Gasteiger partial charge is 0.306 e. The van der Waals surface area contributed by atoms with Crippen LogP contribution in [0.3, 0.4) is 0 Å². The molecule has 83 heavy (non-hydrogen) atoms. The quantitative estimate of drug-likeness (QED) is 0.0261. The van der Waals surface area contributed by atoms with Crippen molar-refractivity contribution >= 4 is 17.9 Å². The summed E-state index contributed by atoms with van der Waals surface area (Å²) in [4.78, 5) is 38.4. The highest BCUT2D eigenvalue weighted by atomic mass is 16.6. The van der Waals surface area contributed by atoms with Gasteiger partial charge in [0.05, 0.1) is 0 Å². The fourth-order valence-corrected chi connectivity index (χ4v) is 10.0.